The van der Waals surface area contributed by atoms with Gasteiger partial charge in [-0.3, -0.25) is 4.79 Å². The van der Waals surface area contributed by atoms with Crippen molar-refractivity contribution in [1.29, 1.82) is 0 Å². The molecule has 1 aromatic rings. The van der Waals surface area contributed by atoms with Crippen molar-refractivity contribution in [1.82, 2.24) is 0 Å². The highest BCUT2D eigenvalue weighted by Gasteiger charge is 2.17. The predicted molar refractivity (Wildman–Crippen MR) is 51.4 cm³/mol. The molecule has 1 rings (SSSR count). The largest absolute Gasteiger partial charge is 0.369 e. The third kappa shape index (κ3) is 2.74. The van der Waals surface area contributed by atoms with E-state index < -0.39 is 5.91 Å². The Balaban J connectivity index is 2.84. The fraction of sp³-hybridized carbons (Fsp3) is 0.125. The number of primary amides is 1. The van der Waals surface area contributed by atoms with Crippen LogP contribution in [0.5, 0.6) is 0 Å². The average Bonchev–Trinajstić information content (AvgIpc) is 2.15. The summed E-state index contributed by atoms with van der Waals surface area (Å²) in [5.41, 5.74) is 5.06. The molecule has 0 atom stereocenters. The summed E-state index contributed by atoms with van der Waals surface area (Å²) in [5, 5.41) is 8.72. The van der Waals surface area contributed by atoms with Gasteiger partial charge in [-0.2, -0.15) is 0 Å². The van der Waals surface area contributed by atoms with Gasteiger partial charge in [0.15, 0.2) is 0 Å². The van der Waals surface area contributed by atoms with E-state index in [9.17, 15) is 9.70 Å². The number of hydrogen-bond acceptors (Lipinski definition) is 3. The highest BCUT2D eigenvalue weighted by Crippen LogP contribution is 2.27. The lowest BCUT2D eigenvalue weighted by molar-refractivity contribution is -0.731. The summed E-state index contributed by atoms with van der Waals surface area (Å²) in [6.45, 7) is 0. The quantitative estimate of drug-likeness (QED) is 0.578. The van der Waals surface area contributed by atoms with E-state index in [2.05, 4.69) is 0 Å². The number of rotatable bonds is 4. The molecule has 0 fully saturated rings. The zero-order valence-corrected chi connectivity index (χ0v) is 8.03. The van der Waals surface area contributed by atoms with Crippen molar-refractivity contribution in [2.45, 2.75) is 4.90 Å². The van der Waals surface area contributed by atoms with Crippen molar-refractivity contribution < 1.29 is 14.9 Å². The molecule has 6 heteroatoms. The highest BCUT2D eigenvalue weighted by molar-refractivity contribution is 8.00. The minimum Gasteiger partial charge on any atom is -0.369 e. The maximum atomic E-state index is 10.7. The van der Waals surface area contributed by atoms with Crippen molar-refractivity contribution in [2.24, 2.45) is 5.73 Å². The molecule has 0 saturated carbocycles. The Morgan fingerprint density at radius 1 is 1.50 bits per heavy atom. The van der Waals surface area contributed by atoms with Gasteiger partial charge < -0.3 is 5.73 Å². The number of nitrogens with two attached hydrogens (primary N) is 1. The first-order valence-electron chi connectivity index (χ1n) is 3.77. The molecule has 14 heavy (non-hydrogen) atoms. The Bertz CT molecular complexity index is 367. The number of amides is 1. The number of nitrogens with zero attached hydrogens (tertiary/aromatic N) is 1. The predicted octanol–water partition coefficient (Wildman–Crippen LogP) is 1.06. The van der Waals surface area contributed by atoms with Crippen molar-refractivity contribution in [2.75, 3.05) is 5.75 Å². The first-order valence-corrected chi connectivity index (χ1v) is 4.76. The molecule has 0 aliphatic carbocycles. The van der Waals surface area contributed by atoms with Gasteiger partial charge in [0.05, 0.1) is 15.6 Å². The number of benzene rings is 1. The molecular formula is C8H9N2O3S+. The molecule has 0 aliphatic heterocycles. The van der Waals surface area contributed by atoms with Crippen molar-refractivity contribution in [3.05, 3.63) is 29.2 Å². The second-order valence-corrected chi connectivity index (χ2v) is 3.51. The standard InChI is InChI=1S/C8H8N2O3S/c9-8(11)5-14-7-4-2-1-3-6(7)10(12)13/h1-4H,5H2,(H2-,9,11,12,13)/p+1. The fourth-order valence-corrected chi connectivity index (χ4v) is 1.65. The van der Waals surface area contributed by atoms with Gasteiger partial charge >= 0.3 is 5.69 Å². The second kappa shape index (κ2) is 4.61. The van der Waals surface area contributed by atoms with E-state index in [4.69, 9.17) is 10.9 Å². The van der Waals surface area contributed by atoms with Crippen LogP contribution in [-0.4, -0.2) is 21.8 Å². The third-order valence-electron chi connectivity index (χ3n) is 1.44. The molecule has 0 unspecified atom stereocenters. The molecule has 0 heterocycles. The highest BCUT2D eigenvalue weighted by atomic mass is 32.2. The maximum absolute atomic E-state index is 10.7. The van der Waals surface area contributed by atoms with E-state index in [0.29, 0.717) is 4.90 Å². The average molecular weight is 213 g/mol. The van der Waals surface area contributed by atoms with Crippen molar-refractivity contribution >= 4 is 23.4 Å². The molecule has 0 bridgehead atoms. The van der Waals surface area contributed by atoms with E-state index >= 15 is 0 Å². The summed E-state index contributed by atoms with van der Waals surface area (Å²) in [7, 11) is 0. The minimum atomic E-state index is -0.472. The lowest BCUT2D eigenvalue weighted by Crippen LogP contribution is -2.13. The molecule has 0 radical (unpaired) electrons. The lowest BCUT2D eigenvalue weighted by atomic mass is 10.3. The monoisotopic (exact) mass is 213 g/mol. The SMILES string of the molecule is NC(=O)CSc1ccccc1[N+](=O)O. The van der Waals surface area contributed by atoms with Crippen LogP contribution in [-0.2, 0) is 4.79 Å². The molecule has 1 amide bonds. The lowest BCUT2D eigenvalue weighted by Gasteiger charge is -1.96. The van der Waals surface area contributed by atoms with Gasteiger partial charge in [0, 0.05) is 6.07 Å². The fourth-order valence-electron chi connectivity index (χ4n) is 0.886. The Hall–Kier alpha value is -1.56. The topological polar surface area (TPSA) is 83.4 Å². The Kier molecular flexibility index (Phi) is 3.47. The minimum absolute atomic E-state index is 0.0743. The van der Waals surface area contributed by atoms with Crippen LogP contribution in [0.15, 0.2) is 29.2 Å². The maximum Gasteiger partial charge on any atom is 0.329 e. The van der Waals surface area contributed by atoms with Crippen LogP contribution in [0.1, 0.15) is 0 Å². The molecule has 74 valence electrons. The van der Waals surface area contributed by atoms with Gasteiger partial charge in [0.1, 0.15) is 0 Å². The number of carbonyl (C=O) groups excluding carboxylic acids is 1. The molecule has 1 aromatic carbocycles. The zero-order chi connectivity index (χ0) is 10.6. The summed E-state index contributed by atoms with van der Waals surface area (Å²) in [6, 6.07) is 6.40. The van der Waals surface area contributed by atoms with E-state index in [1.54, 1.807) is 18.2 Å². The molecule has 0 spiro atoms. The van der Waals surface area contributed by atoms with Crippen LogP contribution in [0, 0.1) is 4.91 Å². The summed E-state index contributed by atoms with van der Waals surface area (Å²) in [6.07, 6.45) is 0. The second-order valence-electron chi connectivity index (χ2n) is 2.50. The van der Waals surface area contributed by atoms with Crippen LogP contribution in [0.25, 0.3) is 0 Å². The molecule has 5 nitrogen and oxygen atoms in total. The Morgan fingerprint density at radius 2 is 2.14 bits per heavy atom. The summed E-state index contributed by atoms with van der Waals surface area (Å²) in [5.74, 6) is -0.398. The molecule has 0 saturated heterocycles. The Labute approximate surface area is 84.4 Å². The van der Waals surface area contributed by atoms with Gasteiger partial charge in [0.2, 0.25) is 5.91 Å². The molecule has 3 N–H and O–H groups in total. The third-order valence-corrected chi connectivity index (χ3v) is 2.53. The molecular weight excluding hydrogens is 204 g/mol. The summed E-state index contributed by atoms with van der Waals surface area (Å²) in [4.78, 5) is 21.4. The van der Waals surface area contributed by atoms with Gasteiger partial charge in [-0.25, -0.2) is 5.21 Å². The van der Waals surface area contributed by atoms with E-state index in [0.717, 1.165) is 11.8 Å². The van der Waals surface area contributed by atoms with Crippen LogP contribution in [0.2, 0.25) is 0 Å². The van der Waals surface area contributed by atoms with E-state index in [-0.39, 0.29) is 16.4 Å². The first-order chi connectivity index (χ1) is 6.61. The van der Waals surface area contributed by atoms with E-state index in [1.807, 2.05) is 0 Å². The van der Waals surface area contributed by atoms with Crippen molar-refractivity contribution in [3.8, 4) is 0 Å². The number of carbonyl (C=O) groups is 1. The Morgan fingerprint density at radius 3 is 2.71 bits per heavy atom. The van der Waals surface area contributed by atoms with Crippen LogP contribution < -0.4 is 5.73 Å². The van der Waals surface area contributed by atoms with Gasteiger partial charge in [-0.1, -0.05) is 12.1 Å². The smallest absolute Gasteiger partial charge is 0.329 e. The summed E-state index contributed by atoms with van der Waals surface area (Å²) < 4.78 is 0. The van der Waals surface area contributed by atoms with E-state index in [1.165, 1.54) is 6.07 Å². The van der Waals surface area contributed by atoms with Gasteiger partial charge in [-0.15, -0.1) is 11.8 Å². The normalized spacial score (nSPS) is 9.71. The van der Waals surface area contributed by atoms with Crippen LogP contribution in [0.4, 0.5) is 5.69 Å². The van der Waals surface area contributed by atoms with Gasteiger partial charge in [-0.05, 0) is 6.07 Å². The number of hydrogen-bond donors (Lipinski definition) is 2. The first kappa shape index (κ1) is 10.5. The number of para-hydroxylation sites is 1. The molecule has 0 aliphatic rings. The van der Waals surface area contributed by atoms with Crippen LogP contribution >= 0.6 is 11.8 Å². The van der Waals surface area contributed by atoms with Crippen LogP contribution in [0.3, 0.4) is 0 Å². The summed E-state index contributed by atoms with van der Waals surface area (Å²) >= 11 is 1.11. The molecule has 0 aromatic heterocycles. The van der Waals surface area contributed by atoms with Crippen molar-refractivity contribution in [3.63, 3.8) is 0 Å². The van der Waals surface area contributed by atoms with Gasteiger partial charge in [0.25, 0.3) is 4.92 Å². The number of thioether (sulfide) groups is 1. The zero-order valence-electron chi connectivity index (χ0n) is 7.21.